The van der Waals surface area contributed by atoms with Gasteiger partial charge in [-0.25, -0.2) is 0 Å². The van der Waals surface area contributed by atoms with Crippen LogP contribution in [0.4, 0.5) is 102 Å². The molecule has 18 heteroatoms. The number of nitrogens with zero attached hydrogens (tertiary/aromatic N) is 6. The van der Waals surface area contributed by atoms with E-state index in [1.165, 1.54) is 0 Å². The fourth-order valence-corrected chi connectivity index (χ4v) is 24.1. The number of rotatable bonds is 18. The number of anilines is 18. The molecule has 0 unspecified atom stereocenters. The molecular weight excluding hydrogens is 1740 g/mol. The first kappa shape index (κ1) is 79.1. The maximum atomic E-state index is 7.86. The van der Waals surface area contributed by atoms with E-state index >= 15 is 0 Å². The quantitative estimate of drug-likeness (QED) is 0.0817. The van der Waals surface area contributed by atoms with Gasteiger partial charge in [0.1, 0.15) is 34.5 Å². The molecule has 0 spiro atoms. The van der Waals surface area contributed by atoms with Gasteiger partial charge in [-0.15, -0.1) is 0 Å². The summed E-state index contributed by atoms with van der Waals surface area (Å²) in [6.45, 7) is 0. The van der Waals surface area contributed by atoms with Crippen LogP contribution in [0.15, 0.2) is 496 Å². The molecule has 0 atom stereocenters. The van der Waals surface area contributed by atoms with Gasteiger partial charge in [0.05, 0.1) is 68.2 Å². The minimum absolute atomic E-state index is 0.0899. The first-order chi connectivity index (χ1) is 65.4. The third-order valence-corrected chi connectivity index (χ3v) is 30.5. The Morgan fingerprint density at radius 1 is 0.114 bits per heavy atom. The van der Waals surface area contributed by atoms with Crippen molar-refractivity contribution in [3.05, 3.63) is 437 Å². The molecular formula is C114H72N6O6S6. The Morgan fingerprint density at radius 3 is 0.318 bits per heavy atom. The molecule has 0 amide bonds. The number of para-hydroxylation sites is 12. The summed E-state index contributed by atoms with van der Waals surface area (Å²) >= 11 is 10.6. The summed E-state index contributed by atoms with van der Waals surface area (Å²) in [7, 11) is 0. The first-order valence-corrected chi connectivity index (χ1v) is 48.2. The molecule has 0 aliphatic carbocycles. The van der Waals surface area contributed by atoms with Crippen LogP contribution < -0.4 is 57.8 Å². The van der Waals surface area contributed by atoms with Gasteiger partial charge < -0.3 is 57.8 Å². The lowest BCUT2D eigenvalue weighted by Gasteiger charge is -2.33. The minimum Gasteiger partial charge on any atom is -0.449 e. The Hall–Kier alpha value is -15.1. The predicted octanol–water partition coefficient (Wildman–Crippen LogP) is 36.0. The number of benzene rings is 19. The molecule has 0 bridgehead atoms. The summed E-state index contributed by atoms with van der Waals surface area (Å²) in [6, 6.07) is 151. The van der Waals surface area contributed by atoms with Crippen LogP contribution in [-0.4, -0.2) is 0 Å². The number of hydrogen-bond donors (Lipinski definition) is 0. The highest BCUT2D eigenvalue weighted by Crippen LogP contribution is 2.66. The Bertz CT molecular complexity index is 6260. The van der Waals surface area contributed by atoms with E-state index in [-0.39, 0.29) is 34.5 Å². The van der Waals surface area contributed by atoms with Gasteiger partial charge in [0.25, 0.3) is 0 Å². The van der Waals surface area contributed by atoms with Crippen molar-refractivity contribution in [1.82, 2.24) is 0 Å². The van der Waals surface area contributed by atoms with E-state index in [9.17, 15) is 0 Å². The van der Waals surface area contributed by atoms with Crippen molar-refractivity contribution in [3.8, 4) is 69.0 Å². The molecule has 25 rings (SSSR count). The Balaban J connectivity index is 0.725. The smallest absolute Gasteiger partial charge is 0.220 e. The molecule has 0 N–H and O–H groups in total. The monoisotopic (exact) mass is 1810 g/mol. The summed E-state index contributed by atoms with van der Waals surface area (Å²) in [6.07, 6.45) is 0. The second-order valence-electron chi connectivity index (χ2n) is 31.8. The fraction of sp³-hybridized carbons (Fsp3) is 0. The summed E-state index contributed by atoms with van der Waals surface area (Å²) in [5, 5.41) is 0. The van der Waals surface area contributed by atoms with Gasteiger partial charge in [-0.1, -0.05) is 216 Å². The van der Waals surface area contributed by atoms with E-state index in [1.807, 2.05) is 72.8 Å². The Kier molecular flexibility index (Phi) is 20.2. The maximum absolute atomic E-state index is 7.86. The third-order valence-electron chi connectivity index (χ3n) is 23.7. The molecule has 19 aromatic rings. The van der Waals surface area contributed by atoms with E-state index in [2.05, 4.69) is 393 Å². The zero-order valence-corrected chi connectivity index (χ0v) is 75.1. The summed E-state index contributed by atoms with van der Waals surface area (Å²) in [4.78, 5) is 27.5. The molecule has 6 aliphatic heterocycles. The molecule has 630 valence electrons. The van der Waals surface area contributed by atoms with Crippen LogP contribution in [0.1, 0.15) is 0 Å². The number of hydrogen-bond acceptors (Lipinski definition) is 18. The van der Waals surface area contributed by atoms with Gasteiger partial charge in [-0.05, 0) is 291 Å². The number of ether oxygens (including phenoxy) is 6. The molecule has 19 aromatic carbocycles. The highest BCUT2D eigenvalue weighted by molar-refractivity contribution is 8.01. The molecule has 0 fully saturated rings. The predicted molar refractivity (Wildman–Crippen MR) is 538 cm³/mol. The minimum atomic E-state index is 0.0899. The van der Waals surface area contributed by atoms with Crippen LogP contribution in [-0.2, 0) is 0 Å². The normalized spacial score (nSPS) is 13.2. The summed E-state index contributed by atoms with van der Waals surface area (Å²) in [5.41, 5.74) is 18.2. The van der Waals surface area contributed by atoms with Crippen molar-refractivity contribution in [2.24, 2.45) is 0 Å². The van der Waals surface area contributed by atoms with E-state index in [1.54, 1.807) is 70.6 Å². The van der Waals surface area contributed by atoms with Crippen LogP contribution >= 0.6 is 70.6 Å². The van der Waals surface area contributed by atoms with Crippen molar-refractivity contribution in [2.75, 3.05) is 29.4 Å². The lowest BCUT2D eigenvalue weighted by atomic mass is 10.1. The van der Waals surface area contributed by atoms with Gasteiger partial charge in [-0.2, -0.15) is 0 Å². The highest BCUT2D eigenvalue weighted by Gasteiger charge is 2.38. The molecule has 0 saturated heterocycles. The molecule has 0 saturated carbocycles. The molecule has 6 aliphatic rings. The standard InChI is InChI=1S/C114H72N6O6S6/c1-13-37-97-85(25-1)115(86-26-2-14-38-98(86)127-97)73-49-61-79(62-50-73)121-109-110(122-80-63-51-74(52-64-80)116-87-27-3-15-39-99(87)128-100-40-16-4-28-88(100)116)112(124-82-67-55-76(56-68-82)118-91-31-7-19-43-103(91)130-104-44-20-8-32-92(104)118)114(126-84-71-59-78(60-72-84)120-95-35-11-23-47-107(95)132-108-48-24-12-36-96(108)120)113(125-83-69-57-77(58-70-83)119-93-33-9-21-45-105(93)131-106-46-22-10-34-94(106)119)111(109)123-81-65-53-75(54-66-81)117-89-29-5-17-41-101(89)129-102-42-18-6-30-90(102)117/h1-72H. The Labute approximate surface area is 788 Å². The average molecular weight is 1810 g/mol. The average Bonchev–Trinajstić information content (AvgIpc) is 0.747. The molecule has 0 radical (unpaired) electrons. The second-order valence-corrected chi connectivity index (χ2v) is 38.3. The zero-order chi connectivity index (χ0) is 87.1. The van der Waals surface area contributed by atoms with Crippen LogP contribution in [0.25, 0.3) is 0 Å². The lowest BCUT2D eigenvalue weighted by molar-refractivity contribution is 0.326. The molecule has 0 aromatic heterocycles. The van der Waals surface area contributed by atoms with Crippen molar-refractivity contribution >= 4 is 173 Å². The van der Waals surface area contributed by atoms with E-state index in [0.717, 1.165) is 161 Å². The SMILES string of the molecule is c1ccc2c(c1)Sc1ccccc1N2c1ccc(Oc2c(Oc3ccc(N4c5ccccc5Sc5ccccc54)cc3)c(Oc3ccc(N4c5ccccc5Sc5ccccc54)cc3)c(Oc3ccc(N4c5ccccc5Sc5ccccc54)cc3)c(Oc3ccc(N4c5ccccc5Sc5ccccc54)cc3)c2Oc2ccc(N3c4ccccc4Sc4ccccc43)cc2)cc1. The number of fused-ring (bicyclic) bond motifs is 12. The molecule has 12 nitrogen and oxygen atoms in total. The highest BCUT2D eigenvalue weighted by atomic mass is 32.2. The van der Waals surface area contributed by atoms with Gasteiger partial charge in [0, 0.05) is 92.9 Å². The Morgan fingerprint density at radius 2 is 0.212 bits per heavy atom. The van der Waals surface area contributed by atoms with Gasteiger partial charge in [-0.3, -0.25) is 0 Å². The molecule has 132 heavy (non-hydrogen) atoms. The van der Waals surface area contributed by atoms with Gasteiger partial charge in [0.2, 0.25) is 34.5 Å². The summed E-state index contributed by atoms with van der Waals surface area (Å²) < 4.78 is 47.2. The van der Waals surface area contributed by atoms with Crippen LogP contribution in [0, 0.1) is 0 Å². The van der Waals surface area contributed by atoms with E-state index in [0.29, 0.717) is 34.5 Å². The van der Waals surface area contributed by atoms with E-state index in [4.69, 9.17) is 28.4 Å². The second kappa shape index (κ2) is 33.7. The van der Waals surface area contributed by atoms with Crippen molar-refractivity contribution < 1.29 is 28.4 Å². The summed E-state index contributed by atoms with van der Waals surface area (Å²) in [5.74, 6) is 3.14. The van der Waals surface area contributed by atoms with Crippen LogP contribution in [0.5, 0.6) is 69.0 Å². The fourth-order valence-electron chi connectivity index (χ4n) is 17.8. The van der Waals surface area contributed by atoms with Crippen molar-refractivity contribution in [1.29, 1.82) is 0 Å². The largest absolute Gasteiger partial charge is 0.449 e. The lowest BCUT2D eigenvalue weighted by Crippen LogP contribution is -2.14. The van der Waals surface area contributed by atoms with Gasteiger partial charge in [0.15, 0.2) is 0 Å². The van der Waals surface area contributed by atoms with Crippen LogP contribution in [0.3, 0.4) is 0 Å². The zero-order valence-electron chi connectivity index (χ0n) is 70.2. The topological polar surface area (TPSA) is 74.8 Å². The maximum Gasteiger partial charge on any atom is 0.220 e. The van der Waals surface area contributed by atoms with Crippen LogP contribution in [0.2, 0.25) is 0 Å². The van der Waals surface area contributed by atoms with E-state index < -0.39 is 0 Å². The molecule has 6 heterocycles. The van der Waals surface area contributed by atoms with Crippen molar-refractivity contribution in [3.63, 3.8) is 0 Å². The third kappa shape index (κ3) is 14.5. The van der Waals surface area contributed by atoms with Crippen molar-refractivity contribution in [2.45, 2.75) is 58.7 Å². The first-order valence-electron chi connectivity index (χ1n) is 43.3. The van der Waals surface area contributed by atoms with Gasteiger partial charge >= 0.3 is 0 Å².